The summed E-state index contributed by atoms with van der Waals surface area (Å²) in [6.45, 7) is 1.04. The number of aliphatic hydroxyl groups is 1. The first-order chi connectivity index (χ1) is 7.15. The van der Waals surface area contributed by atoms with E-state index in [4.69, 9.17) is 5.11 Å². The number of nitro benzene ring substituents is 1. The number of halogens is 1. The number of nitro groups is 1. The molecule has 0 aliphatic carbocycles. The van der Waals surface area contributed by atoms with Crippen LogP contribution < -0.4 is 5.32 Å². The lowest BCUT2D eigenvalue weighted by molar-refractivity contribution is -0.385. The molecule has 0 aliphatic rings. The first-order valence-corrected chi connectivity index (χ1v) is 5.19. The number of benzene rings is 1. The Balaban J connectivity index is 2.74. The fourth-order valence-corrected chi connectivity index (χ4v) is 1.51. The molecule has 1 aromatic carbocycles. The van der Waals surface area contributed by atoms with Gasteiger partial charge in [0.25, 0.3) is 5.69 Å². The van der Waals surface area contributed by atoms with Crippen molar-refractivity contribution in [3.05, 3.63) is 38.3 Å². The van der Waals surface area contributed by atoms with Gasteiger partial charge in [-0.25, -0.2) is 0 Å². The monoisotopic (exact) mass is 274 g/mol. The third-order valence-corrected chi connectivity index (χ3v) is 2.50. The fraction of sp³-hybridized carbons (Fsp3) is 0.333. The minimum absolute atomic E-state index is 0.0540. The van der Waals surface area contributed by atoms with Gasteiger partial charge >= 0.3 is 0 Å². The average Bonchev–Trinajstić information content (AvgIpc) is 2.20. The SMILES string of the molecule is O=[N+]([O-])c1cc(CNCCO)ccc1Br. The molecule has 0 saturated carbocycles. The highest BCUT2D eigenvalue weighted by Gasteiger charge is 2.11. The van der Waals surface area contributed by atoms with Crippen molar-refractivity contribution in [1.29, 1.82) is 0 Å². The van der Waals surface area contributed by atoms with Crippen molar-refractivity contribution in [3.8, 4) is 0 Å². The minimum atomic E-state index is -0.431. The molecule has 0 aromatic heterocycles. The van der Waals surface area contributed by atoms with E-state index in [0.29, 0.717) is 17.6 Å². The van der Waals surface area contributed by atoms with Crippen molar-refractivity contribution in [1.82, 2.24) is 5.32 Å². The third-order valence-electron chi connectivity index (χ3n) is 1.82. The largest absolute Gasteiger partial charge is 0.395 e. The Morgan fingerprint density at radius 3 is 2.87 bits per heavy atom. The predicted molar refractivity (Wildman–Crippen MR) is 59.6 cm³/mol. The molecule has 0 radical (unpaired) electrons. The standard InChI is InChI=1S/C9H11BrN2O3/c10-8-2-1-7(6-11-3-4-13)5-9(8)12(14)15/h1-2,5,11,13H,3-4,6H2. The fourth-order valence-electron chi connectivity index (χ4n) is 1.12. The van der Waals surface area contributed by atoms with Gasteiger partial charge in [-0.2, -0.15) is 0 Å². The predicted octanol–water partition coefficient (Wildman–Crippen LogP) is 1.44. The topological polar surface area (TPSA) is 75.4 Å². The minimum Gasteiger partial charge on any atom is -0.395 e. The molecule has 0 heterocycles. The highest BCUT2D eigenvalue weighted by atomic mass is 79.9. The summed E-state index contributed by atoms with van der Waals surface area (Å²) in [4.78, 5) is 10.2. The van der Waals surface area contributed by atoms with Gasteiger partial charge in [0, 0.05) is 19.2 Å². The van der Waals surface area contributed by atoms with E-state index in [-0.39, 0.29) is 12.3 Å². The van der Waals surface area contributed by atoms with Crippen LogP contribution in [0.1, 0.15) is 5.56 Å². The van der Waals surface area contributed by atoms with Crippen molar-refractivity contribution in [3.63, 3.8) is 0 Å². The van der Waals surface area contributed by atoms with E-state index >= 15 is 0 Å². The van der Waals surface area contributed by atoms with Gasteiger partial charge in [0.15, 0.2) is 0 Å². The summed E-state index contributed by atoms with van der Waals surface area (Å²) in [6.07, 6.45) is 0. The molecular formula is C9H11BrN2O3. The van der Waals surface area contributed by atoms with E-state index in [1.165, 1.54) is 6.07 Å². The third kappa shape index (κ3) is 3.58. The first kappa shape index (κ1) is 12.1. The Labute approximate surface area is 95.4 Å². The number of hydrogen-bond acceptors (Lipinski definition) is 4. The average molecular weight is 275 g/mol. The highest BCUT2D eigenvalue weighted by Crippen LogP contribution is 2.25. The molecule has 5 nitrogen and oxygen atoms in total. The summed E-state index contributed by atoms with van der Waals surface area (Å²) in [5.74, 6) is 0. The van der Waals surface area contributed by atoms with Crippen LogP contribution in [0.15, 0.2) is 22.7 Å². The van der Waals surface area contributed by atoms with Crippen molar-refractivity contribution in [2.45, 2.75) is 6.54 Å². The van der Waals surface area contributed by atoms with Gasteiger partial charge in [0.1, 0.15) is 0 Å². The second-order valence-corrected chi connectivity index (χ2v) is 3.80. The summed E-state index contributed by atoms with van der Waals surface area (Å²) >= 11 is 3.11. The first-order valence-electron chi connectivity index (χ1n) is 4.39. The summed E-state index contributed by atoms with van der Waals surface area (Å²) in [7, 11) is 0. The molecule has 15 heavy (non-hydrogen) atoms. The van der Waals surface area contributed by atoms with Gasteiger partial charge in [-0.3, -0.25) is 10.1 Å². The Morgan fingerprint density at radius 2 is 2.27 bits per heavy atom. The molecule has 0 spiro atoms. The molecule has 1 rings (SSSR count). The van der Waals surface area contributed by atoms with Crippen molar-refractivity contribution < 1.29 is 10.0 Å². The molecule has 6 heteroatoms. The van der Waals surface area contributed by atoms with Gasteiger partial charge in [-0.15, -0.1) is 0 Å². The number of nitrogens with one attached hydrogen (secondary N) is 1. The Bertz CT molecular complexity index is 357. The van der Waals surface area contributed by atoms with E-state index < -0.39 is 4.92 Å². The maximum atomic E-state index is 10.6. The quantitative estimate of drug-likeness (QED) is 0.484. The highest BCUT2D eigenvalue weighted by molar-refractivity contribution is 9.10. The van der Waals surface area contributed by atoms with Crippen molar-refractivity contribution >= 4 is 21.6 Å². The lowest BCUT2D eigenvalue weighted by Crippen LogP contribution is -2.17. The van der Waals surface area contributed by atoms with E-state index in [0.717, 1.165) is 5.56 Å². The van der Waals surface area contributed by atoms with Crippen LogP contribution >= 0.6 is 15.9 Å². The van der Waals surface area contributed by atoms with Crippen molar-refractivity contribution in [2.75, 3.05) is 13.2 Å². The molecule has 0 amide bonds. The van der Waals surface area contributed by atoms with Crippen LogP contribution in [0.4, 0.5) is 5.69 Å². The second-order valence-electron chi connectivity index (χ2n) is 2.94. The van der Waals surface area contributed by atoms with Gasteiger partial charge in [0.2, 0.25) is 0 Å². The number of aliphatic hydroxyl groups excluding tert-OH is 1. The molecular weight excluding hydrogens is 264 g/mol. The molecule has 0 unspecified atom stereocenters. The second kappa shape index (κ2) is 5.79. The van der Waals surface area contributed by atoms with Crippen LogP contribution in [-0.2, 0) is 6.54 Å². The summed E-state index contributed by atoms with van der Waals surface area (Å²) in [6, 6.07) is 4.95. The Morgan fingerprint density at radius 1 is 1.53 bits per heavy atom. The molecule has 82 valence electrons. The molecule has 0 saturated heterocycles. The zero-order chi connectivity index (χ0) is 11.3. The van der Waals surface area contributed by atoms with Gasteiger partial charge in [-0.05, 0) is 27.6 Å². The van der Waals surface area contributed by atoms with Gasteiger partial charge in [-0.1, -0.05) is 6.07 Å². The molecule has 1 aromatic rings. The van der Waals surface area contributed by atoms with Gasteiger partial charge in [0.05, 0.1) is 16.0 Å². The van der Waals surface area contributed by atoms with Crippen molar-refractivity contribution in [2.24, 2.45) is 0 Å². The van der Waals surface area contributed by atoms with Crippen LogP contribution in [-0.4, -0.2) is 23.2 Å². The Kier molecular flexibility index (Phi) is 4.67. The molecule has 0 fully saturated rings. The maximum absolute atomic E-state index is 10.6. The zero-order valence-corrected chi connectivity index (χ0v) is 9.53. The van der Waals surface area contributed by atoms with E-state index in [1.807, 2.05) is 0 Å². The molecule has 2 N–H and O–H groups in total. The normalized spacial score (nSPS) is 10.3. The van der Waals surface area contributed by atoms with E-state index in [1.54, 1.807) is 12.1 Å². The lowest BCUT2D eigenvalue weighted by atomic mass is 10.2. The molecule has 0 atom stereocenters. The smallest absolute Gasteiger partial charge is 0.283 e. The Hall–Kier alpha value is -0.980. The summed E-state index contributed by atoms with van der Waals surface area (Å²) in [5, 5.41) is 22.1. The van der Waals surface area contributed by atoms with Crippen LogP contribution in [0, 0.1) is 10.1 Å². The van der Waals surface area contributed by atoms with E-state index in [2.05, 4.69) is 21.2 Å². The van der Waals surface area contributed by atoms with Crippen LogP contribution in [0.3, 0.4) is 0 Å². The van der Waals surface area contributed by atoms with Gasteiger partial charge < -0.3 is 10.4 Å². The molecule has 0 aliphatic heterocycles. The number of nitrogens with zero attached hydrogens (tertiary/aromatic N) is 1. The molecule has 0 bridgehead atoms. The van der Waals surface area contributed by atoms with E-state index in [9.17, 15) is 10.1 Å². The zero-order valence-electron chi connectivity index (χ0n) is 7.94. The van der Waals surface area contributed by atoms with Crippen LogP contribution in [0.2, 0.25) is 0 Å². The maximum Gasteiger partial charge on any atom is 0.283 e. The van der Waals surface area contributed by atoms with Crippen LogP contribution in [0.25, 0.3) is 0 Å². The summed E-state index contributed by atoms with van der Waals surface area (Å²) < 4.78 is 0.471. The number of rotatable bonds is 5. The van der Waals surface area contributed by atoms with Crippen LogP contribution in [0.5, 0.6) is 0 Å². The number of hydrogen-bond donors (Lipinski definition) is 2. The lowest BCUT2D eigenvalue weighted by Gasteiger charge is -2.03. The summed E-state index contributed by atoms with van der Waals surface area (Å²) in [5.41, 5.74) is 0.872.